The van der Waals surface area contributed by atoms with Crippen LogP contribution in [0.1, 0.15) is 23.5 Å². The highest BCUT2D eigenvalue weighted by Gasteiger charge is 2.34. The molecule has 2 rings (SSSR count). The van der Waals surface area contributed by atoms with Gasteiger partial charge in [0.1, 0.15) is 5.69 Å². The van der Waals surface area contributed by atoms with Crippen LogP contribution in [0.4, 0.5) is 22.0 Å². The molecule has 8 heteroatoms. The van der Waals surface area contributed by atoms with Crippen LogP contribution in [0.2, 0.25) is 0 Å². The molecule has 106 valence electrons. The molecule has 0 N–H and O–H groups in total. The second-order valence-corrected chi connectivity index (χ2v) is 4.02. The Morgan fingerprint density at radius 1 is 0.950 bits per heavy atom. The molecule has 0 saturated heterocycles. The molecule has 0 aliphatic rings. The van der Waals surface area contributed by atoms with Gasteiger partial charge in [-0.2, -0.15) is 13.2 Å². The van der Waals surface area contributed by atoms with Crippen molar-refractivity contribution >= 4 is 0 Å². The number of nitrogens with zero attached hydrogens (tertiary/aromatic N) is 3. The zero-order chi connectivity index (χ0) is 14.9. The second-order valence-electron chi connectivity index (χ2n) is 4.02. The van der Waals surface area contributed by atoms with Crippen molar-refractivity contribution in [2.75, 3.05) is 0 Å². The van der Waals surface area contributed by atoms with E-state index in [1.165, 1.54) is 13.0 Å². The monoisotopic (exact) mass is 289 g/mol. The summed E-state index contributed by atoms with van der Waals surface area (Å²) in [4.78, 5) is 10.0. The Morgan fingerprint density at radius 2 is 1.50 bits per heavy atom. The van der Waals surface area contributed by atoms with Crippen LogP contribution in [0.3, 0.4) is 0 Å². The van der Waals surface area contributed by atoms with E-state index in [2.05, 4.69) is 15.0 Å². The molecule has 0 spiro atoms. The summed E-state index contributed by atoms with van der Waals surface area (Å²) >= 11 is 0. The van der Waals surface area contributed by atoms with Gasteiger partial charge >= 0.3 is 6.18 Å². The number of halogens is 5. The minimum absolute atomic E-state index is 0.248. The van der Waals surface area contributed by atoms with Crippen molar-refractivity contribution in [1.82, 2.24) is 15.0 Å². The van der Waals surface area contributed by atoms with E-state index in [1.54, 1.807) is 0 Å². The Labute approximate surface area is 110 Å². The number of pyridine rings is 1. The molecule has 0 aliphatic carbocycles. The van der Waals surface area contributed by atoms with Crippen molar-refractivity contribution in [2.45, 2.75) is 19.5 Å². The highest BCUT2D eigenvalue weighted by atomic mass is 19.4. The Kier molecular flexibility index (Phi) is 3.65. The Morgan fingerprint density at radius 3 is 1.95 bits per heavy atom. The molecule has 2 aromatic heterocycles. The minimum atomic E-state index is -4.62. The van der Waals surface area contributed by atoms with Crippen molar-refractivity contribution in [3.8, 4) is 11.1 Å². The van der Waals surface area contributed by atoms with Gasteiger partial charge in [-0.15, -0.1) is 0 Å². The fraction of sp³-hybridized carbons (Fsp3) is 0.250. The van der Waals surface area contributed by atoms with E-state index in [0.29, 0.717) is 5.56 Å². The first-order valence-corrected chi connectivity index (χ1v) is 5.43. The van der Waals surface area contributed by atoms with Gasteiger partial charge in [0.15, 0.2) is 0 Å². The Bertz CT molecular complexity index is 607. The van der Waals surface area contributed by atoms with Crippen LogP contribution >= 0.6 is 0 Å². The molecule has 0 fully saturated rings. The van der Waals surface area contributed by atoms with Gasteiger partial charge in [0, 0.05) is 29.7 Å². The van der Waals surface area contributed by atoms with Crippen LogP contribution in [-0.4, -0.2) is 15.0 Å². The summed E-state index contributed by atoms with van der Waals surface area (Å²) in [6, 6.07) is 1.40. The van der Waals surface area contributed by atoms with Crippen LogP contribution in [-0.2, 0) is 6.18 Å². The van der Waals surface area contributed by atoms with Gasteiger partial charge in [0.2, 0.25) is 5.82 Å². The highest BCUT2D eigenvalue weighted by Crippen LogP contribution is 2.28. The summed E-state index contributed by atoms with van der Waals surface area (Å²) in [5.41, 5.74) is 0.536. The smallest absolute Gasteiger partial charge is 0.254 e. The van der Waals surface area contributed by atoms with E-state index < -0.39 is 18.4 Å². The lowest BCUT2D eigenvalue weighted by Gasteiger charge is -2.08. The summed E-state index contributed by atoms with van der Waals surface area (Å²) in [7, 11) is 0. The lowest BCUT2D eigenvalue weighted by atomic mass is 10.1. The molecular formula is C12H8F5N3. The summed E-state index contributed by atoms with van der Waals surface area (Å²) in [6.45, 7) is 1.45. The minimum Gasteiger partial charge on any atom is -0.254 e. The largest absolute Gasteiger partial charge is 0.451 e. The average molecular weight is 289 g/mol. The topological polar surface area (TPSA) is 38.7 Å². The molecule has 0 atom stereocenters. The summed E-state index contributed by atoms with van der Waals surface area (Å²) in [5.74, 6) is -1.25. The molecule has 0 amide bonds. The van der Waals surface area contributed by atoms with Crippen molar-refractivity contribution in [2.24, 2.45) is 0 Å². The first-order chi connectivity index (χ1) is 9.29. The van der Waals surface area contributed by atoms with Crippen molar-refractivity contribution < 1.29 is 22.0 Å². The maximum Gasteiger partial charge on any atom is 0.451 e. The molecule has 0 aromatic carbocycles. The molecule has 0 bridgehead atoms. The third-order valence-electron chi connectivity index (χ3n) is 2.56. The third-order valence-corrected chi connectivity index (χ3v) is 2.56. The molecular weight excluding hydrogens is 281 g/mol. The maximum atomic E-state index is 12.5. The van der Waals surface area contributed by atoms with E-state index in [1.807, 2.05) is 0 Å². The van der Waals surface area contributed by atoms with Gasteiger partial charge in [0.05, 0.1) is 0 Å². The van der Waals surface area contributed by atoms with Crippen LogP contribution in [0, 0.1) is 6.92 Å². The fourth-order valence-electron chi connectivity index (χ4n) is 1.60. The maximum absolute atomic E-state index is 12.5. The van der Waals surface area contributed by atoms with Crippen molar-refractivity contribution in [1.29, 1.82) is 0 Å². The molecule has 0 saturated carbocycles. The predicted molar refractivity (Wildman–Crippen MR) is 60.0 cm³/mol. The zero-order valence-electron chi connectivity index (χ0n) is 10.1. The molecule has 20 heavy (non-hydrogen) atoms. The van der Waals surface area contributed by atoms with Crippen LogP contribution in [0.25, 0.3) is 11.1 Å². The van der Waals surface area contributed by atoms with Gasteiger partial charge in [-0.3, -0.25) is 4.98 Å². The molecule has 0 aliphatic heterocycles. The van der Waals surface area contributed by atoms with E-state index in [4.69, 9.17) is 0 Å². The normalized spacial score (nSPS) is 11.9. The number of hydrogen-bond donors (Lipinski definition) is 0. The van der Waals surface area contributed by atoms with Crippen molar-refractivity contribution in [3.05, 3.63) is 41.7 Å². The summed E-state index contributed by atoms with van der Waals surface area (Å²) in [5, 5.41) is 0. The molecule has 2 heterocycles. The lowest BCUT2D eigenvalue weighted by molar-refractivity contribution is -0.144. The number of aryl methyl sites for hydroxylation is 1. The van der Waals surface area contributed by atoms with Crippen LogP contribution < -0.4 is 0 Å². The second kappa shape index (κ2) is 5.10. The number of aromatic nitrogens is 3. The van der Waals surface area contributed by atoms with Gasteiger partial charge < -0.3 is 0 Å². The SMILES string of the molecule is Cc1cc(-c2cnc(C(F)(F)F)nc2)cnc1C(F)F. The standard InChI is InChI=1S/C12H8F5N3/c1-6-2-7(3-18-9(6)10(13)14)8-4-19-11(20-5-8)12(15,16)17/h2-5,10H,1H3. The number of hydrogen-bond acceptors (Lipinski definition) is 3. The third kappa shape index (κ3) is 2.89. The van der Waals surface area contributed by atoms with E-state index in [-0.39, 0.29) is 16.8 Å². The van der Waals surface area contributed by atoms with E-state index >= 15 is 0 Å². The van der Waals surface area contributed by atoms with Crippen LogP contribution in [0.5, 0.6) is 0 Å². The van der Waals surface area contributed by atoms with Gasteiger partial charge in [0.25, 0.3) is 6.43 Å². The fourth-order valence-corrected chi connectivity index (χ4v) is 1.60. The zero-order valence-corrected chi connectivity index (χ0v) is 10.1. The number of alkyl halides is 5. The summed E-state index contributed by atoms with van der Waals surface area (Å²) < 4.78 is 62.0. The number of rotatable bonds is 2. The first-order valence-electron chi connectivity index (χ1n) is 5.43. The van der Waals surface area contributed by atoms with Gasteiger partial charge in [-0.1, -0.05) is 0 Å². The van der Waals surface area contributed by atoms with Gasteiger partial charge in [-0.25, -0.2) is 18.7 Å². The van der Waals surface area contributed by atoms with E-state index in [0.717, 1.165) is 18.6 Å². The summed E-state index contributed by atoms with van der Waals surface area (Å²) in [6.07, 6.45) is -4.21. The van der Waals surface area contributed by atoms with Crippen molar-refractivity contribution in [3.63, 3.8) is 0 Å². The molecule has 0 radical (unpaired) electrons. The first kappa shape index (κ1) is 14.3. The molecule has 2 aromatic rings. The lowest BCUT2D eigenvalue weighted by Crippen LogP contribution is -2.10. The van der Waals surface area contributed by atoms with Crippen LogP contribution in [0.15, 0.2) is 24.7 Å². The molecule has 3 nitrogen and oxygen atoms in total. The predicted octanol–water partition coefficient (Wildman–Crippen LogP) is 3.80. The highest BCUT2D eigenvalue weighted by molar-refractivity contribution is 5.61. The average Bonchev–Trinajstić information content (AvgIpc) is 2.37. The quantitative estimate of drug-likeness (QED) is 0.789. The Balaban J connectivity index is 2.35. The van der Waals surface area contributed by atoms with E-state index in [9.17, 15) is 22.0 Å². The Hall–Kier alpha value is -2.12. The van der Waals surface area contributed by atoms with Gasteiger partial charge in [-0.05, 0) is 18.6 Å². The molecule has 0 unspecified atom stereocenters.